The number of benzene rings is 1. The van der Waals surface area contributed by atoms with Crippen LogP contribution in [0.3, 0.4) is 0 Å². The third-order valence-corrected chi connectivity index (χ3v) is 9.34. The number of nitrogens with two attached hydrogens (primary N) is 1. The zero-order valence-corrected chi connectivity index (χ0v) is 24.9. The molecule has 1 aromatic carbocycles. The van der Waals surface area contributed by atoms with Gasteiger partial charge in [0.2, 0.25) is 5.91 Å². The van der Waals surface area contributed by atoms with Crippen LogP contribution in [-0.2, 0) is 15.8 Å². The average Bonchev–Trinajstić information content (AvgIpc) is 3.96. The number of methoxy groups -OCH3 is 1. The maximum atomic E-state index is 14.5. The van der Waals surface area contributed by atoms with Crippen LogP contribution in [0.5, 0.6) is 11.5 Å². The number of rotatable bonds is 9. The van der Waals surface area contributed by atoms with Crippen LogP contribution in [0, 0.1) is 11.7 Å². The van der Waals surface area contributed by atoms with E-state index in [2.05, 4.69) is 10.3 Å². The summed E-state index contributed by atoms with van der Waals surface area (Å²) < 4.78 is 27.8. The van der Waals surface area contributed by atoms with Crippen molar-refractivity contribution in [3.63, 3.8) is 0 Å². The molecule has 228 valence electrons. The van der Waals surface area contributed by atoms with Crippen LogP contribution in [0.2, 0.25) is 5.02 Å². The van der Waals surface area contributed by atoms with Crippen LogP contribution in [0.25, 0.3) is 16.9 Å². The van der Waals surface area contributed by atoms with Crippen LogP contribution in [0.4, 0.5) is 4.39 Å². The van der Waals surface area contributed by atoms with E-state index in [4.69, 9.17) is 31.8 Å². The Morgan fingerprint density at radius 1 is 1.23 bits per heavy atom. The number of carbonyl (C=O) groups excluding carboxylic acids is 2. The van der Waals surface area contributed by atoms with Crippen LogP contribution < -0.4 is 20.5 Å². The van der Waals surface area contributed by atoms with Gasteiger partial charge in [0.05, 0.1) is 35.6 Å². The molecule has 1 aliphatic heterocycles. The number of amides is 2. The summed E-state index contributed by atoms with van der Waals surface area (Å²) in [5.41, 5.74) is 6.18. The first-order valence-corrected chi connectivity index (χ1v) is 14.9. The molecule has 4 N–H and O–H groups in total. The molecule has 0 radical (unpaired) electrons. The molecule has 3 aliphatic rings. The monoisotopic (exact) mass is 619 g/mol. The van der Waals surface area contributed by atoms with Crippen molar-refractivity contribution in [1.29, 1.82) is 0 Å². The van der Waals surface area contributed by atoms with Gasteiger partial charge in [-0.15, -0.1) is 0 Å². The molecule has 4 heterocycles. The second-order valence-corrected chi connectivity index (χ2v) is 12.6. The predicted octanol–water partition coefficient (Wildman–Crippen LogP) is 4.24. The number of carbonyl (C=O) groups is 2. The number of fused-ring (bicyclic) bond motifs is 2. The smallest absolute Gasteiger partial charge is 0.253 e. The molecule has 2 amide bonds. The number of primary amides is 1. The van der Waals surface area contributed by atoms with E-state index < -0.39 is 28.6 Å². The Morgan fingerprint density at radius 3 is 2.66 bits per heavy atom. The highest BCUT2D eigenvalue weighted by Crippen LogP contribution is 2.50. The Bertz CT molecular complexity index is 1850. The summed E-state index contributed by atoms with van der Waals surface area (Å²) in [5, 5.41) is 15.0. The number of hydrogen-bond acceptors (Lipinski definition) is 7. The van der Waals surface area contributed by atoms with Gasteiger partial charge in [0.15, 0.2) is 11.4 Å². The van der Waals surface area contributed by atoms with Gasteiger partial charge in [-0.25, -0.2) is 14.4 Å². The van der Waals surface area contributed by atoms with Gasteiger partial charge in [-0.2, -0.15) is 0 Å². The largest absolute Gasteiger partial charge is 0.493 e. The first-order valence-electron chi connectivity index (χ1n) is 14.5. The summed E-state index contributed by atoms with van der Waals surface area (Å²) in [6.07, 6.45) is 7.21. The zero-order valence-electron chi connectivity index (χ0n) is 24.2. The number of imidazole rings is 1. The van der Waals surface area contributed by atoms with Crippen LogP contribution in [0.1, 0.15) is 65.8 Å². The van der Waals surface area contributed by atoms with Gasteiger partial charge in [-0.3, -0.25) is 9.59 Å². The highest BCUT2D eigenvalue weighted by atomic mass is 35.5. The first-order chi connectivity index (χ1) is 21.0. The van der Waals surface area contributed by atoms with Gasteiger partial charge in [-0.05, 0) is 62.8 Å². The van der Waals surface area contributed by atoms with Crippen LogP contribution in [-0.4, -0.2) is 51.6 Å². The highest BCUT2D eigenvalue weighted by molar-refractivity contribution is 6.30. The van der Waals surface area contributed by atoms with E-state index in [1.807, 2.05) is 6.20 Å². The number of halogens is 2. The summed E-state index contributed by atoms with van der Waals surface area (Å²) >= 11 is 5.94. The molecule has 2 aliphatic carbocycles. The number of ether oxygens (including phenoxy) is 2. The van der Waals surface area contributed by atoms with E-state index >= 15 is 0 Å². The molecule has 2 fully saturated rings. The molecule has 44 heavy (non-hydrogen) atoms. The minimum absolute atomic E-state index is 0.0362. The Balaban J connectivity index is 1.26. The third kappa shape index (κ3) is 4.66. The lowest BCUT2D eigenvalue weighted by Gasteiger charge is -2.30. The Kier molecular flexibility index (Phi) is 6.60. The van der Waals surface area contributed by atoms with E-state index in [9.17, 15) is 19.1 Å². The SMILES string of the molecule is COc1cc(C(=O)NCC(O)(c2cc3c(c(-c4ccc(Cl)c(F)c4)n2)OC[C@]3(C)C(N)=O)C2CC2)cn2cc(C3CC3)nc12. The molecular formula is C32H31ClFN5O5. The summed E-state index contributed by atoms with van der Waals surface area (Å²) in [6, 6.07) is 7.47. The van der Waals surface area contributed by atoms with Gasteiger partial charge in [0.1, 0.15) is 34.9 Å². The van der Waals surface area contributed by atoms with Crippen molar-refractivity contribution in [2.24, 2.45) is 11.7 Å². The van der Waals surface area contributed by atoms with Gasteiger partial charge < -0.3 is 30.0 Å². The van der Waals surface area contributed by atoms with Crippen molar-refractivity contribution in [3.05, 3.63) is 76.1 Å². The summed E-state index contributed by atoms with van der Waals surface area (Å²) in [6.45, 7) is 1.46. The topological polar surface area (TPSA) is 141 Å². The fourth-order valence-electron chi connectivity index (χ4n) is 5.91. The average molecular weight is 620 g/mol. The summed E-state index contributed by atoms with van der Waals surface area (Å²) in [4.78, 5) is 35.6. The van der Waals surface area contributed by atoms with Crippen molar-refractivity contribution in [2.75, 3.05) is 20.3 Å². The van der Waals surface area contributed by atoms with Crippen molar-refractivity contribution in [2.45, 2.75) is 49.5 Å². The summed E-state index contributed by atoms with van der Waals surface area (Å²) in [5.74, 6) is -0.715. The van der Waals surface area contributed by atoms with E-state index in [1.54, 1.807) is 35.7 Å². The molecule has 0 saturated heterocycles. The van der Waals surface area contributed by atoms with Crippen LogP contribution >= 0.6 is 11.6 Å². The van der Waals surface area contributed by atoms with Gasteiger partial charge in [0, 0.05) is 29.4 Å². The first kappa shape index (κ1) is 28.5. The number of hydrogen-bond donors (Lipinski definition) is 3. The number of pyridine rings is 2. The molecule has 0 spiro atoms. The third-order valence-electron chi connectivity index (χ3n) is 9.04. The van der Waals surface area contributed by atoms with E-state index in [0.29, 0.717) is 46.8 Å². The zero-order chi connectivity index (χ0) is 31.0. The second-order valence-electron chi connectivity index (χ2n) is 12.2. The normalized spacial score (nSPS) is 20.6. The lowest BCUT2D eigenvalue weighted by molar-refractivity contribution is -0.123. The van der Waals surface area contributed by atoms with E-state index in [1.165, 1.54) is 19.2 Å². The Labute approximate surface area is 257 Å². The van der Waals surface area contributed by atoms with Crippen molar-refractivity contribution >= 4 is 29.1 Å². The quantitative estimate of drug-likeness (QED) is 0.254. The van der Waals surface area contributed by atoms with Gasteiger partial charge in [-0.1, -0.05) is 17.7 Å². The molecule has 0 bridgehead atoms. The molecule has 7 rings (SSSR count). The minimum Gasteiger partial charge on any atom is -0.493 e. The van der Waals surface area contributed by atoms with Gasteiger partial charge in [0.25, 0.3) is 5.91 Å². The fraction of sp³-hybridized carbons (Fsp3) is 0.375. The predicted molar refractivity (Wildman–Crippen MR) is 159 cm³/mol. The maximum absolute atomic E-state index is 14.5. The minimum atomic E-state index is -1.60. The molecule has 4 aromatic rings. The number of aromatic nitrogens is 3. The van der Waals surface area contributed by atoms with Crippen molar-refractivity contribution in [3.8, 4) is 22.8 Å². The Morgan fingerprint density at radius 2 is 2.00 bits per heavy atom. The second kappa shape index (κ2) is 10.2. The molecule has 10 nitrogen and oxygen atoms in total. The molecule has 2 atom stereocenters. The Hall–Kier alpha value is -4.22. The van der Waals surface area contributed by atoms with Gasteiger partial charge >= 0.3 is 0 Å². The standard InChI is InChI=1S/C32H31ClFN5O5/c1-31(30(35)41)15-44-27-20(31)11-25(38-26(27)17-5-8-21(33)22(34)9-17)32(42,19-6-7-19)14-36-29(40)18-10-24(43-2)28-37-23(16-3-4-16)13-39(28)12-18/h5,8-13,16,19,42H,3-4,6-7,14-15H2,1-2H3,(H2,35,41)(H,36,40)/t31-,32?/m0/s1. The lowest BCUT2D eigenvalue weighted by atomic mass is 9.81. The van der Waals surface area contributed by atoms with Crippen LogP contribution in [0.15, 0.2) is 42.7 Å². The van der Waals surface area contributed by atoms with E-state index in [0.717, 1.165) is 18.5 Å². The number of aliphatic hydroxyl groups is 1. The lowest BCUT2D eigenvalue weighted by Crippen LogP contribution is -2.44. The molecule has 1 unspecified atom stereocenters. The molecular weight excluding hydrogens is 589 g/mol. The number of nitrogens with one attached hydrogen (secondary N) is 1. The summed E-state index contributed by atoms with van der Waals surface area (Å²) in [7, 11) is 1.53. The maximum Gasteiger partial charge on any atom is 0.253 e. The van der Waals surface area contributed by atoms with Crippen molar-refractivity contribution < 1.29 is 28.6 Å². The number of nitrogens with zero attached hydrogens (tertiary/aromatic N) is 3. The fourth-order valence-corrected chi connectivity index (χ4v) is 6.02. The van der Waals surface area contributed by atoms with Crippen molar-refractivity contribution in [1.82, 2.24) is 19.7 Å². The highest BCUT2D eigenvalue weighted by Gasteiger charge is 2.50. The van der Waals surface area contributed by atoms with E-state index in [-0.39, 0.29) is 41.2 Å². The molecule has 3 aromatic heterocycles. The molecule has 2 saturated carbocycles. The molecule has 12 heteroatoms.